The molecule has 2 aromatic rings. The predicted octanol–water partition coefficient (Wildman–Crippen LogP) is 3.62. The van der Waals surface area contributed by atoms with Gasteiger partial charge in [-0.3, -0.25) is 4.21 Å². The van der Waals surface area contributed by atoms with E-state index < -0.39 is 21.7 Å². The van der Waals surface area contributed by atoms with Crippen LogP contribution in [0.3, 0.4) is 0 Å². The number of fused-ring (bicyclic) bond motifs is 1. The van der Waals surface area contributed by atoms with Gasteiger partial charge < -0.3 is 5.11 Å². The van der Waals surface area contributed by atoms with Crippen LogP contribution in [0.5, 0.6) is 0 Å². The molecule has 2 unspecified atom stereocenters. The Morgan fingerprint density at radius 3 is 2.18 bits per heavy atom. The van der Waals surface area contributed by atoms with E-state index in [4.69, 9.17) is 0 Å². The number of aliphatic hydroxyl groups is 1. The monoisotopic (exact) mass is 320 g/mol. The maximum Gasteiger partial charge on any atom is 0.156 e. The second kappa shape index (κ2) is 5.70. The van der Waals surface area contributed by atoms with Gasteiger partial charge in [0, 0.05) is 15.7 Å². The van der Waals surface area contributed by atoms with Gasteiger partial charge in [-0.05, 0) is 32.3 Å². The van der Waals surface area contributed by atoms with Gasteiger partial charge in [0.05, 0.1) is 22.4 Å². The second-order valence-electron chi connectivity index (χ2n) is 7.59. The van der Waals surface area contributed by atoms with Crippen LogP contribution in [0.4, 0.5) is 0 Å². The van der Waals surface area contributed by atoms with Crippen molar-refractivity contribution < 1.29 is 9.32 Å². The van der Waals surface area contributed by atoms with E-state index in [2.05, 4.69) is 10.2 Å². The molecule has 0 saturated carbocycles. The molecule has 0 spiro atoms. The van der Waals surface area contributed by atoms with E-state index in [-0.39, 0.29) is 5.41 Å². The van der Waals surface area contributed by atoms with Crippen LogP contribution in [0, 0.1) is 5.41 Å². The molecule has 0 aliphatic rings. The molecule has 120 valence electrons. The summed E-state index contributed by atoms with van der Waals surface area (Å²) in [5.41, 5.74) is 0.949. The summed E-state index contributed by atoms with van der Waals surface area (Å²) in [5, 5.41) is 20.4. The minimum atomic E-state index is -1.36. The van der Waals surface area contributed by atoms with Crippen molar-refractivity contribution in [2.75, 3.05) is 0 Å². The van der Waals surface area contributed by atoms with Crippen LogP contribution in [0.15, 0.2) is 29.3 Å². The van der Waals surface area contributed by atoms with Crippen molar-refractivity contribution in [2.45, 2.75) is 57.4 Å². The third-order valence-corrected chi connectivity index (χ3v) is 5.26. The molecule has 0 amide bonds. The summed E-state index contributed by atoms with van der Waals surface area (Å²) in [6, 6.07) is 7.53. The second-order valence-corrected chi connectivity index (χ2v) is 9.73. The standard InChI is InChI=1S/C17H24N2O2S/c1-16(2,3)14(20)13-11-9-7-8-10-12(11)18-19-15(13)22(21)17(4,5)6/h7-10,14,20H,1-6H3. The SMILES string of the molecule is CC(C)(C)C(O)c1c(S(=O)C(C)(C)C)nnc2ccccc12. The summed E-state index contributed by atoms with van der Waals surface area (Å²) in [7, 11) is -1.36. The molecule has 0 radical (unpaired) electrons. The van der Waals surface area contributed by atoms with Crippen LogP contribution in [0.1, 0.15) is 53.2 Å². The zero-order valence-corrected chi connectivity index (χ0v) is 14.9. The van der Waals surface area contributed by atoms with E-state index in [9.17, 15) is 9.32 Å². The van der Waals surface area contributed by atoms with Crippen LogP contribution in [-0.2, 0) is 10.8 Å². The molecule has 0 aliphatic heterocycles. The summed E-state index contributed by atoms with van der Waals surface area (Å²) >= 11 is 0. The van der Waals surface area contributed by atoms with Gasteiger partial charge >= 0.3 is 0 Å². The molecule has 1 N–H and O–H groups in total. The first-order valence-electron chi connectivity index (χ1n) is 7.39. The smallest absolute Gasteiger partial charge is 0.156 e. The molecule has 1 aromatic carbocycles. The van der Waals surface area contributed by atoms with Gasteiger partial charge in [-0.2, -0.15) is 0 Å². The summed E-state index contributed by atoms with van der Waals surface area (Å²) in [4.78, 5) is 0. The zero-order valence-electron chi connectivity index (χ0n) is 14.0. The lowest BCUT2D eigenvalue weighted by molar-refractivity contribution is 0.0609. The van der Waals surface area contributed by atoms with Crippen molar-refractivity contribution in [1.82, 2.24) is 10.2 Å². The number of hydrogen-bond donors (Lipinski definition) is 1. The first kappa shape index (κ1) is 17.0. The van der Waals surface area contributed by atoms with Crippen LogP contribution >= 0.6 is 0 Å². The quantitative estimate of drug-likeness (QED) is 0.918. The molecule has 4 nitrogen and oxygen atoms in total. The largest absolute Gasteiger partial charge is 0.388 e. The first-order valence-corrected chi connectivity index (χ1v) is 8.53. The molecule has 0 saturated heterocycles. The molecule has 0 aliphatic carbocycles. The normalized spacial score (nSPS) is 15.8. The highest BCUT2D eigenvalue weighted by molar-refractivity contribution is 7.86. The highest BCUT2D eigenvalue weighted by Crippen LogP contribution is 2.39. The molecule has 0 fully saturated rings. The zero-order chi connectivity index (χ0) is 16.7. The maximum atomic E-state index is 12.9. The Morgan fingerprint density at radius 1 is 1.05 bits per heavy atom. The van der Waals surface area contributed by atoms with E-state index in [1.165, 1.54) is 0 Å². The van der Waals surface area contributed by atoms with Gasteiger partial charge in [0.2, 0.25) is 0 Å². The van der Waals surface area contributed by atoms with Gasteiger partial charge in [0.1, 0.15) is 0 Å². The molecule has 2 rings (SSSR count). The highest BCUT2D eigenvalue weighted by atomic mass is 32.2. The predicted molar refractivity (Wildman–Crippen MR) is 90.1 cm³/mol. The third-order valence-electron chi connectivity index (χ3n) is 3.50. The number of rotatable bonds is 2. The van der Waals surface area contributed by atoms with E-state index in [1.54, 1.807) is 0 Å². The number of hydrogen-bond acceptors (Lipinski definition) is 4. The Labute approximate surface area is 134 Å². The Morgan fingerprint density at radius 2 is 1.64 bits per heavy atom. The fraction of sp³-hybridized carbons (Fsp3) is 0.529. The minimum absolute atomic E-state index is 0.383. The minimum Gasteiger partial charge on any atom is -0.388 e. The van der Waals surface area contributed by atoms with Gasteiger partial charge in [-0.25, -0.2) is 0 Å². The molecule has 1 aromatic heterocycles. The molecular formula is C17H24N2O2S. The summed E-state index contributed by atoms with van der Waals surface area (Å²) in [5.74, 6) is 0. The summed E-state index contributed by atoms with van der Waals surface area (Å²) in [6.45, 7) is 11.6. The van der Waals surface area contributed by atoms with Crippen molar-refractivity contribution >= 4 is 21.7 Å². The molecule has 0 bridgehead atoms. The average Bonchev–Trinajstić information content (AvgIpc) is 2.42. The van der Waals surface area contributed by atoms with E-state index in [0.717, 1.165) is 5.39 Å². The first-order chi connectivity index (χ1) is 10.0. The van der Waals surface area contributed by atoms with E-state index in [1.807, 2.05) is 65.8 Å². The van der Waals surface area contributed by atoms with Crippen molar-refractivity contribution in [3.8, 4) is 0 Å². The van der Waals surface area contributed by atoms with Crippen LogP contribution < -0.4 is 0 Å². The fourth-order valence-electron chi connectivity index (χ4n) is 2.18. The highest BCUT2D eigenvalue weighted by Gasteiger charge is 2.33. The van der Waals surface area contributed by atoms with Crippen molar-refractivity contribution in [2.24, 2.45) is 5.41 Å². The van der Waals surface area contributed by atoms with E-state index in [0.29, 0.717) is 16.1 Å². The van der Waals surface area contributed by atoms with Crippen LogP contribution in [0.25, 0.3) is 10.9 Å². The lowest BCUT2D eigenvalue weighted by Crippen LogP contribution is -2.27. The lowest BCUT2D eigenvalue weighted by atomic mass is 9.84. The van der Waals surface area contributed by atoms with Crippen molar-refractivity contribution in [1.29, 1.82) is 0 Å². The Hall–Kier alpha value is -1.33. The van der Waals surface area contributed by atoms with Crippen molar-refractivity contribution in [3.63, 3.8) is 0 Å². The lowest BCUT2D eigenvalue weighted by Gasteiger charge is -2.29. The average molecular weight is 320 g/mol. The topological polar surface area (TPSA) is 63.1 Å². The molecule has 1 heterocycles. The van der Waals surface area contributed by atoms with Crippen molar-refractivity contribution in [3.05, 3.63) is 29.8 Å². The maximum absolute atomic E-state index is 12.9. The van der Waals surface area contributed by atoms with E-state index >= 15 is 0 Å². The Balaban J connectivity index is 2.80. The van der Waals surface area contributed by atoms with Gasteiger partial charge in [-0.1, -0.05) is 39.0 Å². The number of nitrogens with zero attached hydrogens (tertiary/aromatic N) is 2. The Bertz CT molecular complexity index is 715. The van der Waals surface area contributed by atoms with Gasteiger partial charge in [0.15, 0.2) is 5.03 Å². The molecule has 5 heteroatoms. The summed E-state index contributed by atoms with van der Waals surface area (Å²) in [6.07, 6.45) is -0.769. The van der Waals surface area contributed by atoms with Crippen LogP contribution in [0.2, 0.25) is 0 Å². The Kier molecular flexibility index (Phi) is 4.42. The molecule has 22 heavy (non-hydrogen) atoms. The van der Waals surface area contributed by atoms with Gasteiger partial charge in [-0.15, -0.1) is 10.2 Å². The number of benzene rings is 1. The number of aliphatic hydroxyl groups excluding tert-OH is 1. The fourth-order valence-corrected chi connectivity index (χ4v) is 3.30. The summed E-state index contributed by atoms with van der Waals surface area (Å²) < 4.78 is 12.4. The van der Waals surface area contributed by atoms with Gasteiger partial charge in [0.25, 0.3) is 0 Å². The number of aromatic nitrogens is 2. The molecular weight excluding hydrogens is 296 g/mol. The van der Waals surface area contributed by atoms with Crippen LogP contribution in [-0.4, -0.2) is 24.3 Å². The third kappa shape index (κ3) is 3.20. The molecule has 2 atom stereocenters.